The Hall–Kier alpha value is -0.0800. The van der Waals surface area contributed by atoms with Gasteiger partial charge in [-0.25, -0.2) is 0 Å². The van der Waals surface area contributed by atoms with Crippen molar-refractivity contribution in [2.45, 2.75) is 90.6 Å². The summed E-state index contributed by atoms with van der Waals surface area (Å²) in [6.45, 7) is 13.0. The van der Waals surface area contributed by atoms with Crippen LogP contribution in [0, 0.1) is 5.41 Å². The Morgan fingerprint density at radius 1 is 1.05 bits per heavy atom. The molecule has 118 valence electrons. The summed E-state index contributed by atoms with van der Waals surface area (Å²) in [5.41, 5.74) is 0.776. The molecule has 1 N–H and O–H groups in total. The molecule has 0 saturated heterocycles. The zero-order chi connectivity index (χ0) is 14.6. The first kappa shape index (κ1) is 16.3. The van der Waals surface area contributed by atoms with E-state index >= 15 is 0 Å². The van der Waals surface area contributed by atoms with Crippen LogP contribution in [0.15, 0.2) is 0 Å². The van der Waals surface area contributed by atoms with E-state index in [0.717, 1.165) is 6.04 Å². The van der Waals surface area contributed by atoms with Crippen molar-refractivity contribution in [1.29, 1.82) is 0 Å². The molecule has 0 amide bonds. The third kappa shape index (κ3) is 5.04. The van der Waals surface area contributed by atoms with E-state index in [1.54, 1.807) is 0 Å². The molecule has 0 bridgehead atoms. The summed E-state index contributed by atoms with van der Waals surface area (Å²) in [4.78, 5) is 2.77. The second-order valence-electron chi connectivity index (χ2n) is 8.31. The highest BCUT2D eigenvalue weighted by molar-refractivity contribution is 4.93. The second-order valence-corrected chi connectivity index (χ2v) is 8.31. The first-order valence-electron chi connectivity index (χ1n) is 8.93. The maximum absolute atomic E-state index is 3.82. The highest BCUT2D eigenvalue weighted by atomic mass is 15.2. The Morgan fingerprint density at radius 3 is 2.10 bits per heavy atom. The van der Waals surface area contributed by atoms with Crippen LogP contribution in [-0.4, -0.2) is 36.1 Å². The molecule has 0 unspecified atom stereocenters. The van der Waals surface area contributed by atoms with Crippen LogP contribution < -0.4 is 5.32 Å². The molecular weight excluding hydrogens is 244 g/mol. The van der Waals surface area contributed by atoms with E-state index in [2.05, 4.69) is 37.9 Å². The molecule has 0 aromatic carbocycles. The van der Waals surface area contributed by atoms with Crippen molar-refractivity contribution in [3.8, 4) is 0 Å². The molecule has 0 spiro atoms. The molecule has 2 saturated carbocycles. The van der Waals surface area contributed by atoms with Crippen molar-refractivity contribution in [2.24, 2.45) is 5.41 Å². The molecule has 0 aromatic rings. The molecular formula is C18H36N2. The summed E-state index contributed by atoms with van der Waals surface area (Å²) >= 11 is 0. The average molecular weight is 280 g/mol. The number of nitrogens with zero attached hydrogens (tertiary/aromatic N) is 1. The molecule has 2 heteroatoms. The smallest absolute Gasteiger partial charge is 0.00967 e. The Kier molecular flexibility index (Phi) is 5.53. The quantitative estimate of drug-likeness (QED) is 0.734. The van der Waals surface area contributed by atoms with Gasteiger partial charge in [-0.3, -0.25) is 0 Å². The van der Waals surface area contributed by atoms with Crippen LogP contribution in [0.4, 0.5) is 0 Å². The summed E-state index contributed by atoms with van der Waals surface area (Å²) in [6.07, 6.45) is 11.5. The van der Waals surface area contributed by atoms with Gasteiger partial charge in [-0.2, -0.15) is 0 Å². The SMILES string of the molecule is CCN(CC1(CNC(C)(C)C)CCCCCC1)C1CC1. The Balaban J connectivity index is 2.01. The van der Waals surface area contributed by atoms with E-state index in [1.807, 2.05) is 0 Å². The normalized spacial score (nSPS) is 23.9. The van der Waals surface area contributed by atoms with E-state index in [0.29, 0.717) is 5.41 Å². The van der Waals surface area contributed by atoms with Crippen molar-refractivity contribution < 1.29 is 0 Å². The highest BCUT2D eigenvalue weighted by Crippen LogP contribution is 2.38. The van der Waals surface area contributed by atoms with E-state index < -0.39 is 0 Å². The van der Waals surface area contributed by atoms with Crippen LogP contribution in [0.1, 0.15) is 79.1 Å². The largest absolute Gasteiger partial charge is 0.311 e. The van der Waals surface area contributed by atoms with Gasteiger partial charge in [0, 0.05) is 24.7 Å². The average Bonchev–Trinajstić information content (AvgIpc) is 3.21. The lowest BCUT2D eigenvalue weighted by Crippen LogP contribution is -2.49. The van der Waals surface area contributed by atoms with Crippen LogP contribution >= 0.6 is 0 Å². The summed E-state index contributed by atoms with van der Waals surface area (Å²) in [7, 11) is 0. The van der Waals surface area contributed by atoms with Crippen molar-refractivity contribution in [1.82, 2.24) is 10.2 Å². The molecule has 0 aliphatic heterocycles. The molecule has 2 rings (SSSR count). The van der Waals surface area contributed by atoms with Crippen molar-refractivity contribution in [3.05, 3.63) is 0 Å². The number of hydrogen-bond donors (Lipinski definition) is 1. The molecule has 2 nitrogen and oxygen atoms in total. The lowest BCUT2D eigenvalue weighted by molar-refractivity contribution is 0.117. The number of nitrogens with one attached hydrogen (secondary N) is 1. The van der Waals surface area contributed by atoms with Gasteiger partial charge in [-0.15, -0.1) is 0 Å². The first-order valence-corrected chi connectivity index (χ1v) is 8.93. The third-order valence-electron chi connectivity index (χ3n) is 5.17. The second kappa shape index (κ2) is 6.79. The van der Waals surface area contributed by atoms with Crippen LogP contribution in [0.25, 0.3) is 0 Å². The van der Waals surface area contributed by atoms with Crippen LogP contribution in [0.3, 0.4) is 0 Å². The van der Waals surface area contributed by atoms with E-state index in [-0.39, 0.29) is 5.54 Å². The predicted molar refractivity (Wildman–Crippen MR) is 88.2 cm³/mol. The standard InChI is InChI=1S/C18H36N2/c1-5-20(16-10-11-16)15-18(14-19-17(2,3)4)12-8-6-7-9-13-18/h16,19H,5-15H2,1-4H3. The monoisotopic (exact) mass is 280 g/mol. The van der Waals surface area contributed by atoms with Gasteiger partial charge in [-0.1, -0.05) is 32.6 Å². The van der Waals surface area contributed by atoms with E-state index in [9.17, 15) is 0 Å². The first-order chi connectivity index (χ1) is 9.44. The van der Waals surface area contributed by atoms with Gasteiger partial charge in [0.25, 0.3) is 0 Å². The topological polar surface area (TPSA) is 15.3 Å². The van der Waals surface area contributed by atoms with Gasteiger partial charge in [0.2, 0.25) is 0 Å². The minimum Gasteiger partial charge on any atom is -0.311 e. The Labute approximate surface area is 126 Å². The molecule has 20 heavy (non-hydrogen) atoms. The number of hydrogen-bond acceptors (Lipinski definition) is 2. The highest BCUT2D eigenvalue weighted by Gasteiger charge is 2.37. The molecule has 2 fully saturated rings. The van der Waals surface area contributed by atoms with Gasteiger partial charge in [0.05, 0.1) is 0 Å². The fraction of sp³-hybridized carbons (Fsp3) is 1.00. The summed E-state index contributed by atoms with van der Waals surface area (Å²) in [6, 6.07) is 0.912. The molecule has 2 aliphatic rings. The Morgan fingerprint density at radius 2 is 1.65 bits per heavy atom. The fourth-order valence-electron chi connectivity index (χ4n) is 3.69. The number of rotatable bonds is 6. The maximum atomic E-state index is 3.82. The van der Waals surface area contributed by atoms with Gasteiger partial charge >= 0.3 is 0 Å². The third-order valence-corrected chi connectivity index (χ3v) is 5.17. The van der Waals surface area contributed by atoms with Gasteiger partial charge in [0.15, 0.2) is 0 Å². The minimum atomic E-state index is 0.246. The fourth-order valence-corrected chi connectivity index (χ4v) is 3.69. The summed E-state index contributed by atoms with van der Waals surface area (Å²) < 4.78 is 0. The molecule has 0 radical (unpaired) electrons. The van der Waals surface area contributed by atoms with Crippen molar-refractivity contribution in [2.75, 3.05) is 19.6 Å². The van der Waals surface area contributed by atoms with Crippen LogP contribution in [0.2, 0.25) is 0 Å². The van der Waals surface area contributed by atoms with Crippen LogP contribution in [-0.2, 0) is 0 Å². The van der Waals surface area contributed by atoms with Crippen LogP contribution in [0.5, 0.6) is 0 Å². The van der Waals surface area contributed by atoms with E-state index in [1.165, 1.54) is 71.0 Å². The predicted octanol–water partition coefficient (Wildman–Crippen LogP) is 4.20. The Bertz CT molecular complexity index is 280. The minimum absolute atomic E-state index is 0.246. The van der Waals surface area contributed by atoms with Crippen molar-refractivity contribution in [3.63, 3.8) is 0 Å². The van der Waals surface area contributed by atoms with Gasteiger partial charge in [0.1, 0.15) is 0 Å². The molecule has 0 atom stereocenters. The molecule has 0 heterocycles. The summed E-state index contributed by atoms with van der Waals surface area (Å²) in [5.74, 6) is 0. The lowest BCUT2D eigenvalue weighted by Gasteiger charge is -2.40. The summed E-state index contributed by atoms with van der Waals surface area (Å²) in [5, 5.41) is 3.82. The van der Waals surface area contributed by atoms with E-state index in [4.69, 9.17) is 0 Å². The van der Waals surface area contributed by atoms with Crippen molar-refractivity contribution >= 4 is 0 Å². The van der Waals surface area contributed by atoms with Gasteiger partial charge in [-0.05, 0) is 58.4 Å². The molecule has 0 aromatic heterocycles. The van der Waals surface area contributed by atoms with Gasteiger partial charge < -0.3 is 10.2 Å². The lowest BCUT2D eigenvalue weighted by atomic mass is 9.79. The zero-order valence-corrected chi connectivity index (χ0v) is 14.3. The maximum Gasteiger partial charge on any atom is 0.00967 e. The zero-order valence-electron chi connectivity index (χ0n) is 14.3. The molecule has 2 aliphatic carbocycles.